The Morgan fingerprint density at radius 2 is 1.81 bits per heavy atom. The zero-order valence-electron chi connectivity index (χ0n) is 13.6. The van der Waals surface area contributed by atoms with Crippen molar-refractivity contribution in [1.29, 1.82) is 0 Å². The molecule has 2 N–H and O–H groups in total. The van der Waals surface area contributed by atoms with Crippen LogP contribution in [0, 0.1) is 10.1 Å². The molecule has 0 saturated carbocycles. The van der Waals surface area contributed by atoms with E-state index >= 15 is 0 Å². The number of carbonyl (C=O) groups excluding carboxylic acids is 1. The number of nitro benzene ring substituents is 1. The van der Waals surface area contributed by atoms with Gasteiger partial charge in [-0.3, -0.25) is 14.9 Å². The van der Waals surface area contributed by atoms with Gasteiger partial charge in [-0.2, -0.15) is 13.2 Å². The van der Waals surface area contributed by atoms with Gasteiger partial charge in [0.05, 0.1) is 10.5 Å². The SMILES string of the molecule is O=C(N[C@@H](Cc1cccc(C(F)(F)F)c1)C(=O)O)c1cccc([N+](=O)[O-])c1. The van der Waals surface area contributed by atoms with Gasteiger partial charge in [0, 0.05) is 24.1 Å². The van der Waals surface area contributed by atoms with Crippen LogP contribution in [0.5, 0.6) is 0 Å². The second kappa shape index (κ2) is 7.85. The van der Waals surface area contributed by atoms with E-state index in [9.17, 15) is 38.0 Å². The molecule has 0 radical (unpaired) electrons. The molecule has 0 aromatic heterocycles. The normalized spacial score (nSPS) is 12.3. The maximum atomic E-state index is 12.8. The zero-order chi connectivity index (χ0) is 20.2. The number of nitrogens with zero attached hydrogens (tertiary/aromatic N) is 1. The number of nitrogens with one attached hydrogen (secondary N) is 1. The Bertz CT molecular complexity index is 883. The van der Waals surface area contributed by atoms with Crippen LogP contribution in [0.15, 0.2) is 48.5 Å². The first-order valence-electron chi connectivity index (χ1n) is 7.52. The van der Waals surface area contributed by atoms with E-state index in [1.807, 2.05) is 0 Å². The highest BCUT2D eigenvalue weighted by Crippen LogP contribution is 2.29. The van der Waals surface area contributed by atoms with Crippen LogP contribution >= 0.6 is 0 Å². The first kappa shape index (κ1) is 19.9. The van der Waals surface area contributed by atoms with E-state index in [-0.39, 0.29) is 23.2 Å². The highest BCUT2D eigenvalue weighted by molar-refractivity contribution is 5.97. The minimum atomic E-state index is -4.58. The molecule has 27 heavy (non-hydrogen) atoms. The quantitative estimate of drug-likeness (QED) is 0.590. The lowest BCUT2D eigenvalue weighted by molar-refractivity contribution is -0.384. The molecule has 1 amide bonds. The molecule has 0 fully saturated rings. The lowest BCUT2D eigenvalue weighted by Crippen LogP contribution is -2.42. The van der Waals surface area contributed by atoms with E-state index < -0.39 is 34.6 Å². The van der Waals surface area contributed by atoms with Gasteiger partial charge in [-0.25, -0.2) is 4.79 Å². The summed E-state index contributed by atoms with van der Waals surface area (Å²) in [7, 11) is 0. The van der Waals surface area contributed by atoms with Crippen molar-refractivity contribution in [3.8, 4) is 0 Å². The summed E-state index contributed by atoms with van der Waals surface area (Å²) in [6, 6.07) is 7.23. The van der Waals surface area contributed by atoms with Crippen LogP contribution in [-0.4, -0.2) is 27.9 Å². The van der Waals surface area contributed by atoms with Gasteiger partial charge in [0.2, 0.25) is 0 Å². The van der Waals surface area contributed by atoms with Crippen molar-refractivity contribution in [2.45, 2.75) is 18.6 Å². The summed E-state index contributed by atoms with van der Waals surface area (Å²) >= 11 is 0. The highest BCUT2D eigenvalue weighted by atomic mass is 19.4. The van der Waals surface area contributed by atoms with Gasteiger partial charge < -0.3 is 10.4 Å². The van der Waals surface area contributed by atoms with Crippen molar-refractivity contribution in [1.82, 2.24) is 5.32 Å². The average Bonchev–Trinajstić information content (AvgIpc) is 2.60. The third kappa shape index (κ3) is 5.27. The number of carbonyl (C=O) groups is 2. The highest BCUT2D eigenvalue weighted by Gasteiger charge is 2.31. The first-order chi connectivity index (χ1) is 12.6. The largest absolute Gasteiger partial charge is 0.480 e. The van der Waals surface area contributed by atoms with Gasteiger partial charge in [0.25, 0.3) is 11.6 Å². The van der Waals surface area contributed by atoms with Crippen molar-refractivity contribution in [3.63, 3.8) is 0 Å². The Labute approximate surface area is 150 Å². The van der Waals surface area contributed by atoms with Crippen LogP contribution in [0.4, 0.5) is 18.9 Å². The van der Waals surface area contributed by atoms with Crippen LogP contribution in [0.2, 0.25) is 0 Å². The number of benzene rings is 2. The first-order valence-corrected chi connectivity index (χ1v) is 7.52. The molecule has 10 heteroatoms. The van der Waals surface area contributed by atoms with Crippen molar-refractivity contribution in [3.05, 3.63) is 75.3 Å². The fourth-order valence-electron chi connectivity index (χ4n) is 2.31. The Balaban J connectivity index is 2.19. The molecule has 7 nitrogen and oxygen atoms in total. The van der Waals surface area contributed by atoms with E-state index in [2.05, 4.69) is 5.32 Å². The average molecular weight is 382 g/mol. The number of rotatable bonds is 6. The lowest BCUT2D eigenvalue weighted by Gasteiger charge is -2.16. The van der Waals surface area contributed by atoms with Crippen LogP contribution in [0.1, 0.15) is 21.5 Å². The number of alkyl halides is 3. The van der Waals surface area contributed by atoms with Gasteiger partial charge >= 0.3 is 12.1 Å². The summed E-state index contributed by atoms with van der Waals surface area (Å²) in [5.41, 5.74) is -1.36. The van der Waals surface area contributed by atoms with Gasteiger partial charge in [-0.1, -0.05) is 24.3 Å². The van der Waals surface area contributed by atoms with Crippen LogP contribution in [0.25, 0.3) is 0 Å². The molecule has 0 aliphatic rings. The summed E-state index contributed by atoms with van der Waals surface area (Å²) in [5.74, 6) is -2.34. The topological polar surface area (TPSA) is 110 Å². The second-order valence-corrected chi connectivity index (χ2v) is 5.57. The number of carboxylic acid groups (broad SMARTS) is 1. The van der Waals surface area contributed by atoms with E-state index in [0.29, 0.717) is 0 Å². The fraction of sp³-hybridized carbons (Fsp3) is 0.176. The molecular formula is C17H13F3N2O5. The summed E-state index contributed by atoms with van der Waals surface area (Å²) in [5, 5.41) is 22.2. The number of hydrogen-bond acceptors (Lipinski definition) is 4. The number of non-ortho nitro benzene ring substituents is 1. The van der Waals surface area contributed by atoms with E-state index in [1.165, 1.54) is 18.2 Å². The summed E-state index contributed by atoms with van der Waals surface area (Å²) in [6.45, 7) is 0. The van der Waals surface area contributed by atoms with Gasteiger partial charge in [-0.05, 0) is 17.7 Å². The summed E-state index contributed by atoms with van der Waals surface area (Å²) in [4.78, 5) is 33.6. The minimum Gasteiger partial charge on any atom is -0.480 e. The summed E-state index contributed by atoms with van der Waals surface area (Å²) < 4.78 is 38.3. The summed E-state index contributed by atoms with van der Waals surface area (Å²) in [6.07, 6.45) is -4.97. The lowest BCUT2D eigenvalue weighted by atomic mass is 10.0. The predicted molar refractivity (Wildman–Crippen MR) is 87.1 cm³/mol. The molecule has 0 heterocycles. The predicted octanol–water partition coefficient (Wildman–Crippen LogP) is 3.04. The van der Waals surface area contributed by atoms with E-state index in [0.717, 1.165) is 30.3 Å². The third-order valence-corrected chi connectivity index (χ3v) is 3.62. The smallest absolute Gasteiger partial charge is 0.416 e. The number of carboxylic acids is 1. The van der Waals surface area contributed by atoms with E-state index in [1.54, 1.807) is 0 Å². The fourth-order valence-corrected chi connectivity index (χ4v) is 2.31. The van der Waals surface area contributed by atoms with Gasteiger partial charge in [-0.15, -0.1) is 0 Å². The zero-order valence-corrected chi connectivity index (χ0v) is 13.6. The number of amides is 1. The Hall–Kier alpha value is -3.43. The molecule has 0 spiro atoms. The Morgan fingerprint density at radius 1 is 1.15 bits per heavy atom. The minimum absolute atomic E-state index is 0.0663. The maximum Gasteiger partial charge on any atom is 0.416 e. The molecule has 2 aromatic carbocycles. The molecule has 0 aliphatic heterocycles. The number of halogens is 3. The van der Waals surface area contributed by atoms with Crippen LogP contribution in [0.3, 0.4) is 0 Å². The third-order valence-electron chi connectivity index (χ3n) is 3.62. The molecule has 1 atom stereocenters. The van der Waals surface area contributed by atoms with Crippen molar-refractivity contribution in [2.75, 3.05) is 0 Å². The molecule has 0 saturated heterocycles. The standard InChI is InChI=1S/C17H13F3N2O5/c18-17(19,20)12-5-1-3-10(7-12)8-14(16(24)25)21-15(23)11-4-2-6-13(9-11)22(26)27/h1-7,9,14H,8H2,(H,21,23)(H,24,25)/t14-/m0/s1. The van der Waals surface area contributed by atoms with Crippen molar-refractivity contribution < 1.29 is 32.8 Å². The monoisotopic (exact) mass is 382 g/mol. The van der Waals surface area contributed by atoms with Crippen LogP contribution < -0.4 is 5.32 Å². The molecular weight excluding hydrogens is 369 g/mol. The molecule has 2 rings (SSSR count). The molecule has 142 valence electrons. The Kier molecular flexibility index (Phi) is 5.78. The van der Waals surface area contributed by atoms with Crippen LogP contribution in [-0.2, 0) is 17.4 Å². The second-order valence-electron chi connectivity index (χ2n) is 5.57. The van der Waals surface area contributed by atoms with Crippen molar-refractivity contribution in [2.24, 2.45) is 0 Å². The van der Waals surface area contributed by atoms with Gasteiger partial charge in [0.15, 0.2) is 0 Å². The van der Waals surface area contributed by atoms with Crippen molar-refractivity contribution >= 4 is 17.6 Å². The number of hydrogen-bond donors (Lipinski definition) is 2. The van der Waals surface area contributed by atoms with E-state index in [4.69, 9.17) is 0 Å². The maximum absolute atomic E-state index is 12.8. The molecule has 0 aliphatic carbocycles. The molecule has 0 unspecified atom stereocenters. The molecule has 0 bridgehead atoms. The van der Waals surface area contributed by atoms with Gasteiger partial charge in [0.1, 0.15) is 6.04 Å². The Morgan fingerprint density at radius 3 is 2.41 bits per heavy atom. The number of aliphatic carboxylic acids is 1. The number of nitro groups is 1. The molecule has 2 aromatic rings.